The molecule has 0 spiro atoms. The molecule has 0 aromatic carbocycles. The number of Topliss-reactive ketones (excluding diaryl/α,β-unsaturated/α-hetero) is 1. The predicted octanol–water partition coefficient (Wildman–Crippen LogP) is -0.179. The van der Waals surface area contributed by atoms with Crippen LogP contribution in [0.15, 0.2) is 0 Å². The highest BCUT2D eigenvalue weighted by Gasteiger charge is 2.14. The summed E-state index contributed by atoms with van der Waals surface area (Å²) in [5.74, 6) is -0.480. The first-order valence-electron chi connectivity index (χ1n) is 4.90. The van der Waals surface area contributed by atoms with Crippen molar-refractivity contribution >= 4 is 11.8 Å². The molecule has 5 nitrogen and oxygen atoms in total. The molecule has 0 rings (SSSR count). The standard InChI is InChI=1S/C10H19NO4/c1-8(13)4-5-10(14)15-9(7-12)6-11(2)3/h9,12H,4-7H2,1-3H3. The van der Waals surface area contributed by atoms with E-state index in [1.165, 1.54) is 6.92 Å². The maximum Gasteiger partial charge on any atom is 0.306 e. The molecule has 1 unspecified atom stereocenters. The highest BCUT2D eigenvalue weighted by atomic mass is 16.6. The van der Waals surface area contributed by atoms with E-state index in [2.05, 4.69) is 0 Å². The summed E-state index contributed by atoms with van der Waals surface area (Å²) in [5, 5.41) is 8.93. The van der Waals surface area contributed by atoms with Gasteiger partial charge in [0.05, 0.1) is 13.0 Å². The van der Waals surface area contributed by atoms with Gasteiger partial charge in [-0.2, -0.15) is 0 Å². The van der Waals surface area contributed by atoms with Crippen LogP contribution >= 0.6 is 0 Å². The summed E-state index contributed by atoms with van der Waals surface area (Å²) in [4.78, 5) is 23.6. The SMILES string of the molecule is CC(=O)CCC(=O)OC(CO)CN(C)C. The quantitative estimate of drug-likeness (QED) is 0.599. The number of aliphatic hydroxyl groups excluding tert-OH is 1. The van der Waals surface area contributed by atoms with Crippen molar-refractivity contribution < 1.29 is 19.4 Å². The third-order valence-corrected chi connectivity index (χ3v) is 1.75. The molecule has 88 valence electrons. The number of carbonyl (C=O) groups excluding carboxylic acids is 2. The third kappa shape index (κ3) is 8.08. The minimum atomic E-state index is -0.514. The van der Waals surface area contributed by atoms with E-state index in [0.29, 0.717) is 6.54 Å². The summed E-state index contributed by atoms with van der Waals surface area (Å²) in [6.07, 6.45) is -0.238. The number of carbonyl (C=O) groups is 2. The van der Waals surface area contributed by atoms with Crippen LogP contribution < -0.4 is 0 Å². The fraction of sp³-hybridized carbons (Fsp3) is 0.800. The van der Waals surface area contributed by atoms with Gasteiger partial charge in [-0.05, 0) is 21.0 Å². The molecule has 1 N–H and O–H groups in total. The second kappa shape index (κ2) is 7.36. The molecule has 0 aliphatic heterocycles. The Morgan fingerprint density at radius 3 is 2.33 bits per heavy atom. The summed E-state index contributed by atoms with van der Waals surface area (Å²) in [6.45, 7) is 1.70. The molecule has 0 saturated heterocycles. The van der Waals surface area contributed by atoms with Gasteiger partial charge in [-0.1, -0.05) is 0 Å². The van der Waals surface area contributed by atoms with E-state index in [1.807, 2.05) is 19.0 Å². The Morgan fingerprint density at radius 1 is 1.33 bits per heavy atom. The molecule has 15 heavy (non-hydrogen) atoms. The van der Waals surface area contributed by atoms with Crippen LogP contribution in [0.25, 0.3) is 0 Å². The number of hydrogen-bond acceptors (Lipinski definition) is 5. The lowest BCUT2D eigenvalue weighted by Gasteiger charge is -2.19. The predicted molar refractivity (Wildman–Crippen MR) is 55.4 cm³/mol. The van der Waals surface area contributed by atoms with Crippen LogP contribution in [0.4, 0.5) is 0 Å². The molecule has 1 atom stereocenters. The van der Waals surface area contributed by atoms with Crippen LogP contribution in [0.2, 0.25) is 0 Å². The van der Waals surface area contributed by atoms with E-state index in [4.69, 9.17) is 9.84 Å². The van der Waals surface area contributed by atoms with Gasteiger partial charge >= 0.3 is 5.97 Å². The van der Waals surface area contributed by atoms with Gasteiger partial charge in [0.15, 0.2) is 0 Å². The zero-order valence-electron chi connectivity index (χ0n) is 9.52. The Kier molecular flexibility index (Phi) is 6.90. The molecule has 0 aromatic rings. The molecule has 0 fully saturated rings. The molecule has 0 aliphatic carbocycles. The molecule has 0 bridgehead atoms. The molecule has 0 amide bonds. The summed E-state index contributed by atoms with van der Waals surface area (Å²) >= 11 is 0. The van der Waals surface area contributed by atoms with Gasteiger partial charge in [0.2, 0.25) is 0 Å². The van der Waals surface area contributed by atoms with E-state index in [9.17, 15) is 9.59 Å². The Hall–Kier alpha value is -0.940. The van der Waals surface area contributed by atoms with Gasteiger partial charge in [-0.3, -0.25) is 4.79 Å². The summed E-state index contributed by atoms with van der Waals surface area (Å²) in [6, 6.07) is 0. The van der Waals surface area contributed by atoms with Gasteiger partial charge in [-0.15, -0.1) is 0 Å². The molecule has 0 aromatic heterocycles. The van der Waals surface area contributed by atoms with Crippen molar-refractivity contribution in [2.24, 2.45) is 0 Å². The van der Waals surface area contributed by atoms with Crippen molar-refractivity contribution in [3.8, 4) is 0 Å². The lowest BCUT2D eigenvalue weighted by Crippen LogP contribution is -2.33. The number of rotatable bonds is 7. The van der Waals surface area contributed by atoms with Crippen LogP contribution in [-0.4, -0.2) is 55.1 Å². The van der Waals surface area contributed by atoms with E-state index in [-0.39, 0.29) is 25.2 Å². The topological polar surface area (TPSA) is 66.8 Å². The normalized spacial score (nSPS) is 12.6. The van der Waals surface area contributed by atoms with Gasteiger partial charge in [0.25, 0.3) is 0 Å². The first kappa shape index (κ1) is 14.1. The number of ether oxygens (including phenoxy) is 1. The lowest BCUT2D eigenvalue weighted by atomic mass is 10.2. The van der Waals surface area contributed by atoms with E-state index in [0.717, 1.165) is 0 Å². The van der Waals surface area contributed by atoms with Gasteiger partial charge in [0, 0.05) is 13.0 Å². The Balaban J connectivity index is 3.85. The molecule has 0 aliphatic rings. The van der Waals surface area contributed by atoms with E-state index >= 15 is 0 Å². The van der Waals surface area contributed by atoms with Crippen LogP contribution in [0.5, 0.6) is 0 Å². The molecule has 5 heteroatoms. The van der Waals surface area contributed by atoms with Crippen molar-refractivity contribution in [1.82, 2.24) is 4.90 Å². The minimum absolute atomic E-state index is 0.0416. The zero-order valence-corrected chi connectivity index (χ0v) is 9.52. The van der Waals surface area contributed by atoms with Crippen LogP contribution in [0.3, 0.4) is 0 Å². The Morgan fingerprint density at radius 2 is 1.93 bits per heavy atom. The first-order valence-corrected chi connectivity index (χ1v) is 4.90. The molecular formula is C10H19NO4. The molecule has 0 heterocycles. The zero-order chi connectivity index (χ0) is 11.8. The van der Waals surface area contributed by atoms with Gasteiger partial charge in [-0.25, -0.2) is 0 Å². The summed E-state index contributed by atoms with van der Waals surface area (Å²) in [5.41, 5.74) is 0. The van der Waals surface area contributed by atoms with Crippen molar-refractivity contribution in [3.05, 3.63) is 0 Å². The molecular weight excluding hydrogens is 198 g/mol. The second-order valence-electron chi connectivity index (χ2n) is 3.76. The average molecular weight is 217 g/mol. The van der Waals surface area contributed by atoms with Gasteiger partial charge < -0.3 is 19.5 Å². The molecule has 0 saturated carbocycles. The van der Waals surface area contributed by atoms with Crippen molar-refractivity contribution in [1.29, 1.82) is 0 Å². The number of ketones is 1. The number of aliphatic hydroxyl groups is 1. The number of esters is 1. The van der Waals surface area contributed by atoms with Crippen molar-refractivity contribution in [2.75, 3.05) is 27.2 Å². The summed E-state index contributed by atoms with van der Waals surface area (Å²) < 4.78 is 4.98. The Bertz CT molecular complexity index is 215. The minimum Gasteiger partial charge on any atom is -0.459 e. The van der Waals surface area contributed by atoms with Crippen LogP contribution in [-0.2, 0) is 14.3 Å². The van der Waals surface area contributed by atoms with Crippen molar-refractivity contribution in [2.45, 2.75) is 25.9 Å². The monoisotopic (exact) mass is 217 g/mol. The lowest BCUT2D eigenvalue weighted by molar-refractivity contribution is -0.152. The highest BCUT2D eigenvalue weighted by Crippen LogP contribution is 1.99. The summed E-state index contributed by atoms with van der Waals surface area (Å²) in [7, 11) is 3.65. The smallest absolute Gasteiger partial charge is 0.306 e. The van der Waals surface area contributed by atoms with Gasteiger partial charge in [0.1, 0.15) is 11.9 Å². The third-order valence-electron chi connectivity index (χ3n) is 1.75. The van der Waals surface area contributed by atoms with Crippen LogP contribution in [0, 0.1) is 0 Å². The number of likely N-dealkylation sites (N-methyl/N-ethyl adjacent to an activating group) is 1. The fourth-order valence-corrected chi connectivity index (χ4v) is 1.06. The highest BCUT2D eigenvalue weighted by molar-refractivity contribution is 5.81. The first-order chi connectivity index (χ1) is 6.95. The maximum absolute atomic E-state index is 11.2. The number of nitrogens with zero attached hydrogens (tertiary/aromatic N) is 1. The number of hydrogen-bond donors (Lipinski definition) is 1. The van der Waals surface area contributed by atoms with Crippen LogP contribution in [0.1, 0.15) is 19.8 Å². The van der Waals surface area contributed by atoms with Crippen molar-refractivity contribution in [3.63, 3.8) is 0 Å². The van der Waals surface area contributed by atoms with E-state index in [1.54, 1.807) is 0 Å². The maximum atomic E-state index is 11.2. The largest absolute Gasteiger partial charge is 0.459 e. The average Bonchev–Trinajstić information content (AvgIpc) is 2.13. The second-order valence-corrected chi connectivity index (χ2v) is 3.76. The Labute approximate surface area is 90.0 Å². The van der Waals surface area contributed by atoms with E-state index < -0.39 is 12.1 Å². The fourth-order valence-electron chi connectivity index (χ4n) is 1.06. The molecule has 0 radical (unpaired) electrons.